The molecule has 0 saturated heterocycles. The second-order valence-electron chi connectivity index (χ2n) is 3.86. The quantitative estimate of drug-likeness (QED) is 0.796. The molecule has 7 heteroatoms. The number of benzene rings is 1. The number of aromatic carboxylic acids is 1. The minimum Gasteiger partial charge on any atom is -0.478 e. The van der Waals surface area contributed by atoms with Gasteiger partial charge in [0.05, 0.1) is 16.1 Å². The zero-order chi connectivity index (χ0) is 14.1. The summed E-state index contributed by atoms with van der Waals surface area (Å²) < 4.78 is 6.44. The van der Waals surface area contributed by atoms with Gasteiger partial charge >= 0.3 is 5.97 Å². The van der Waals surface area contributed by atoms with E-state index < -0.39 is 5.97 Å². The fourth-order valence-electron chi connectivity index (χ4n) is 1.68. The zero-order valence-corrected chi connectivity index (χ0v) is 11.5. The number of fused-ring (bicyclic) bond motifs is 1. The highest BCUT2D eigenvalue weighted by atomic mass is 35.5. The second-order valence-corrected chi connectivity index (χ2v) is 5.19. The van der Waals surface area contributed by atoms with Crippen molar-refractivity contribution in [1.82, 2.24) is 9.97 Å². The number of halogens is 1. The maximum Gasteiger partial charge on any atom is 0.337 e. The Morgan fingerprint density at radius 1 is 1.30 bits per heavy atom. The number of thiophene rings is 1. The minimum absolute atomic E-state index is 0.0133. The Morgan fingerprint density at radius 3 is 2.95 bits per heavy atom. The Bertz CT molecular complexity index is 803. The lowest BCUT2D eigenvalue weighted by molar-refractivity contribution is 0.0696. The number of hydrogen-bond acceptors (Lipinski definition) is 5. The number of carboxylic acids is 1. The molecule has 0 aliphatic heterocycles. The maximum absolute atomic E-state index is 11.0. The Labute approximate surface area is 122 Å². The van der Waals surface area contributed by atoms with Crippen molar-refractivity contribution in [3.63, 3.8) is 0 Å². The van der Waals surface area contributed by atoms with Crippen LogP contribution in [-0.2, 0) is 0 Å². The van der Waals surface area contributed by atoms with Crippen molar-refractivity contribution >= 4 is 39.1 Å². The lowest BCUT2D eigenvalue weighted by Crippen LogP contribution is -1.98. The first-order chi connectivity index (χ1) is 9.65. The summed E-state index contributed by atoms with van der Waals surface area (Å²) in [6.45, 7) is 0. The van der Waals surface area contributed by atoms with Gasteiger partial charge in [0.15, 0.2) is 0 Å². The number of ether oxygens (including phenoxy) is 1. The highest BCUT2D eigenvalue weighted by molar-refractivity contribution is 7.17. The molecule has 0 amide bonds. The molecule has 3 rings (SSSR count). The number of aromatic nitrogens is 2. The molecule has 0 bridgehead atoms. The third kappa shape index (κ3) is 2.31. The van der Waals surface area contributed by atoms with Crippen LogP contribution in [0.3, 0.4) is 0 Å². The first-order valence-electron chi connectivity index (χ1n) is 5.54. The van der Waals surface area contributed by atoms with Gasteiger partial charge in [-0.15, -0.1) is 11.3 Å². The molecule has 2 heterocycles. The van der Waals surface area contributed by atoms with E-state index in [1.54, 1.807) is 6.07 Å². The van der Waals surface area contributed by atoms with Crippen molar-refractivity contribution in [3.05, 3.63) is 46.6 Å². The molecular formula is C13H7ClN2O3S. The molecule has 5 nitrogen and oxygen atoms in total. The number of nitrogens with zero attached hydrogens (tertiary/aromatic N) is 2. The van der Waals surface area contributed by atoms with E-state index in [9.17, 15) is 4.79 Å². The molecule has 0 fully saturated rings. The van der Waals surface area contributed by atoms with E-state index in [4.69, 9.17) is 21.4 Å². The average molecular weight is 307 g/mol. The molecule has 0 saturated carbocycles. The van der Waals surface area contributed by atoms with E-state index in [2.05, 4.69) is 9.97 Å². The normalized spacial score (nSPS) is 10.7. The van der Waals surface area contributed by atoms with E-state index in [1.807, 2.05) is 11.4 Å². The Balaban J connectivity index is 2.01. The third-order valence-electron chi connectivity index (χ3n) is 2.59. The highest BCUT2D eigenvalue weighted by Crippen LogP contribution is 2.31. The molecule has 1 N–H and O–H groups in total. The summed E-state index contributed by atoms with van der Waals surface area (Å²) in [4.78, 5) is 19.2. The van der Waals surface area contributed by atoms with Crippen LogP contribution in [0, 0.1) is 0 Å². The lowest BCUT2D eigenvalue weighted by Gasteiger charge is -2.07. The second kappa shape index (κ2) is 5.07. The van der Waals surface area contributed by atoms with Crippen LogP contribution in [0.2, 0.25) is 5.02 Å². The summed E-state index contributed by atoms with van der Waals surface area (Å²) in [6, 6.07) is 6.30. The standard InChI is InChI=1S/C13H7ClN2O3S/c14-9-2-1-7(5-8(9)13(17)18)19-12-11-10(3-4-20-11)15-6-16-12/h1-6H,(H,17,18). The van der Waals surface area contributed by atoms with Crippen LogP contribution in [0.1, 0.15) is 10.4 Å². The predicted molar refractivity (Wildman–Crippen MR) is 75.9 cm³/mol. The molecule has 2 aromatic heterocycles. The van der Waals surface area contributed by atoms with E-state index in [0.717, 1.165) is 10.2 Å². The van der Waals surface area contributed by atoms with Gasteiger partial charge in [0.25, 0.3) is 0 Å². The topological polar surface area (TPSA) is 72.3 Å². The Morgan fingerprint density at radius 2 is 2.15 bits per heavy atom. The highest BCUT2D eigenvalue weighted by Gasteiger charge is 2.12. The predicted octanol–water partition coefficient (Wildman–Crippen LogP) is 3.84. The van der Waals surface area contributed by atoms with Gasteiger partial charge in [0.2, 0.25) is 5.88 Å². The summed E-state index contributed by atoms with van der Waals surface area (Å²) in [5.74, 6) is -0.353. The van der Waals surface area contributed by atoms with Crippen LogP contribution in [0.5, 0.6) is 11.6 Å². The molecule has 0 unspecified atom stereocenters. The summed E-state index contributed by atoms with van der Waals surface area (Å²) in [7, 11) is 0. The first-order valence-corrected chi connectivity index (χ1v) is 6.80. The third-order valence-corrected chi connectivity index (χ3v) is 3.81. The van der Waals surface area contributed by atoms with Gasteiger partial charge in [-0.1, -0.05) is 11.6 Å². The first kappa shape index (κ1) is 12.8. The maximum atomic E-state index is 11.0. The molecule has 3 aromatic rings. The van der Waals surface area contributed by atoms with Crippen molar-refractivity contribution in [1.29, 1.82) is 0 Å². The number of hydrogen-bond donors (Lipinski definition) is 1. The largest absolute Gasteiger partial charge is 0.478 e. The van der Waals surface area contributed by atoms with Crippen LogP contribution in [0.25, 0.3) is 10.2 Å². The van der Waals surface area contributed by atoms with Crippen molar-refractivity contribution in [2.75, 3.05) is 0 Å². The Kier molecular flexibility index (Phi) is 3.25. The number of carboxylic acid groups (broad SMARTS) is 1. The Hall–Kier alpha value is -2.18. The van der Waals surface area contributed by atoms with Crippen molar-refractivity contribution in [2.45, 2.75) is 0 Å². The fraction of sp³-hybridized carbons (Fsp3) is 0. The van der Waals surface area contributed by atoms with Crippen LogP contribution in [-0.4, -0.2) is 21.0 Å². The van der Waals surface area contributed by atoms with Gasteiger partial charge in [-0.05, 0) is 29.6 Å². The van der Waals surface area contributed by atoms with Gasteiger partial charge < -0.3 is 9.84 Å². The molecule has 100 valence electrons. The molecule has 0 spiro atoms. The smallest absolute Gasteiger partial charge is 0.337 e. The summed E-state index contributed by atoms with van der Waals surface area (Å²) in [6.07, 6.45) is 1.40. The van der Waals surface area contributed by atoms with Crippen LogP contribution < -0.4 is 4.74 Å². The lowest BCUT2D eigenvalue weighted by atomic mass is 10.2. The number of carbonyl (C=O) groups is 1. The zero-order valence-electron chi connectivity index (χ0n) is 9.91. The van der Waals surface area contributed by atoms with E-state index in [-0.39, 0.29) is 10.6 Å². The molecular weight excluding hydrogens is 300 g/mol. The average Bonchev–Trinajstić information content (AvgIpc) is 2.90. The molecule has 0 radical (unpaired) electrons. The van der Waals surface area contributed by atoms with E-state index in [0.29, 0.717) is 11.6 Å². The van der Waals surface area contributed by atoms with Crippen LogP contribution in [0.15, 0.2) is 36.0 Å². The molecule has 0 aliphatic carbocycles. The van der Waals surface area contributed by atoms with Crippen molar-refractivity contribution in [3.8, 4) is 11.6 Å². The van der Waals surface area contributed by atoms with Gasteiger partial charge in [0.1, 0.15) is 16.8 Å². The summed E-state index contributed by atoms with van der Waals surface area (Å²) in [5.41, 5.74) is 0.771. The van der Waals surface area contributed by atoms with E-state index >= 15 is 0 Å². The number of rotatable bonds is 3. The van der Waals surface area contributed by atoms with Gasteiger partial charge in [-0.2, -0.15) is 0 Å². The van der Waals surface area contributed by atoms with Gasteiger partial charge in [-0.3, -0.25) is 0 Å². The van der Waals surface area contributed by atoms with Gasteiger partial charge in [-0.25, -0.2) is 14.8 Å². The molecule has 0 atom stereocenters. The minimum atomic E-state index is -1.11. The van der Waals surface area contributed by atoms with Crippen molar-refractivity contribution < 1.29 is 14.6 Å². The van der Waals surface area contributed by atoms with Crippen LogP contribution >= 0.6 is 22.9 Å². The molecule has 0 aliphatic rings. The van der Waals surface area contributed by atoms with Gasteiger partial charge in [0, 0.05) is 0 Å². The summed E-state index contributed by atoms with van der Waals surface area (Å²) >= 11 is 7.27. The van der Waals surface area contributed by atoms with E-state index in [1.165, 1.54) is 29.8 Å². The summed E-state index contributed by atoms with van der Waals surface area (Å²) in [5, 5.41) is 11.1. The molecule has 1 aromatic carbocycles. The van der Waals surface area contributed by atoms with Crippen LogP contribution in [0.4, 0.5) is 0 Å². The van der Waals surface area contributed by atoms with Crippen molar-refractivity contribution in [2.24, 2.45) is 0 Å². The molecule has 20 heavy (non-hydrogen) atoms. The SMILES string of the molecule is O=C(O)c1cc(Oc2ncnc3ccsc23)ccc1Cl. The monoisotopic (exact) mass is 306 g/mol. The fourth-order valence-corrected chi connectivity index (χ4v) is 2.65.